The number of phosphoric ester groups is 2. The lowest BCUT2D eigenvalue weighted by molar-refractivity contribution is -0.238. The molecule has 7 atom stereocenters. The van der Waals surface area contributed by atoms with Crippen molar-refractivity contribution in [2.24, 2.45) is 0 Å². The van der Waals surface area contributed by atoms with E-state index in [1.54, 1.807) is 42.2 Å². The van der Waals surface area contributed by atoms with Gasteiger partial charge in [-0.1, -0.05) is 57.7 Å². The summed E-state index contributed by atoms with van der Waals surface area (Å²) in [6, 6.07) is 22.5. The van der Waals surface area contributed by atoms with Gasteiger partial charge in [0.15, 0.2) is 24.8 Å². The highest BCUT2D eigenvalue weighted by Gasteiger charge is 2.50. The Hall–Kier alpha value is -6.00. The average molecular weight is 1130 g/mol. The minimum Gasteiger partial charge on any atom is -0.756 e. The van der Waals surface area contributed by atoms with Crippen LogP contribution in [0.4, 0.5) is 0 Å². The molecule has 0 saturated carbocycles. The number of pyridine rings is 4. The zero-order chi connectivity index (χ0) is 55.8. The molecule has 0 fully saturated rings. The number of ether oxygens (including phenoxy) is 4. The fraction of sp³-hybridized carbons (Fsp3) is 0.400. The van der Waals surface area contributed by atoms with Crippen LogP contribution in [-0.4, -0.2) is 129 Å². The normalized spacial score (nSPS) is 20.0. The first-order chi connectivity index (χ1) is 36.5. The molecular weight excluding hydrogens is 1070 g/mol. The summed E-state index contributed by atoms with van der Waals surface area (Å²) >= 11 is 0. The molecule has 420 valence electrons. The largest absolute Gasteiger partial charge is 0.756 e. The average Bonchev–Trinajstić information content (AvgIpc) is 4.14. The number of carbonyl (C=O) groups excluding carboxylic acids is 2. The summed E-state index contributed by atoms with van der Waals surface area (Å²) in [5, 5.41) is 49.4. The Morgan fingerprint density at radius 3 is 1.51 bits per heavy atom. The second-order valence-corrected chi connectivity index (χ2v) is 20.5. The molecule has 0 spiro atoms. The number of aliphatic hydroxyl groups excluding tert-OH is 5. The smallest absolute Gasteiger partial charge is 0.471 e. The Morgan fingerprint density at radius 1 is 0.692 bits per heavy atom. The first kappa shape index (κ1) is 59.7. The van der Waals surface area contributed by atoms with Crippen LogP contribution >= 0.6 is 15.6 Å². The van der Waals surface area contributed by atoms with Crippen molar-refractivity contribution in [3.63, 3.8) is 0 Å². The van der Waals surface area contributed by atoms with Gasteiger partial charge >= 0.3 is 19.8 Å². The molecule has 10 rings (SSSR count). The van der Waals surface area contributed by atoms with Crippen LogP contribution < -0.4 is 21.3 Å². The lowest BCUT2D eigenvalue weighted by Gasteiger charge is -2.36. The van der Waals surface area contributed by atoms with E-state index in [1.165, 1.54) is 0 Å². The van der Waals surface area contributed by atoms with Gasteiger partial charge in [0, 0.05) is 39.6 Å². The Kier molecular flexibility index (Phi) is 18.2. The Labute approximate surface area is 443 Å². The van der Waals surface area contributed by atoms with Crippen LogP contribution in [0.25, 0.3) is 44.6 Å². The van der Waals surface area contributed by atoms with Gasteiger partial charge in [-0.15, -0.1) is 0 Å². The lowest BCUT2D eigenvalue weighted by Crippen LogP contribution is -2.48. The number of nitrogens with one attached hydrogen (secondary N) is 1. The fourth-order valence-corrected chi connectivity index (χ4v) is 9.96. The monoisotopic (exact) mass is 1130 g/mol. The predicted molar refractivity (Wildman–Crippen MR) is 272 cm³/mol. The minimum absolute atomic E-state index is 0. The molecule has 5 unspecified atom stereocenters. The van der Waals surface area contributed by atoms with Gasteiger partial charge in [-0.05, 0) is 56.3 Å². The molecular formula is C50H58N5O21P2-. The summed E-state index contributed by atoms with van der Waals surface area (Å²) < 4.78 is 55.3. The van der Waals surface area contributed by atoms with Crippen molar-refractivity contribution in [3.8, 4) is 22.8 Å². The van der Waals surface area contributed by atoms with E-state index in [4.69, 9.17) is 64.0 Å². The van der Waals surface area contributed by atoms with Crippen LogP contribution in [0.3, 0.4) is 0 Å². The number of cyclic esters (lactones) is 2. The van der Waals surface area contributed by atoms with Crippen LogP contribution in [-0.2, 0) is 84.2 Å². The van der Waals surface area contributed by atoms with Gasteiger partial charge in [-0.25, -0.2) is 24.1 Å². The lowest BCUT2D eigenvalue weighted by atomic mass is 9.85. The van der Waals surface area contributed by atoms with Crippen LogP contribution in [0.2, 0.25) is 0 Å². The highest BCUT2D eigenvalue weighted by atomic mass is 31.2. The Balaban J connectivity index is 0.000000184. The number of para-hydroxylation sites is 2. The summed E-state index contributed by atoms with van der Waals surface area (Å²) in [7, 11) is -8.32. The topological polar surface area (TPSA) is 390 Å². The molecule has 8 heterocycles. The summed E-state index contributed by atoms with van der Waals surface area (Å²) in [5.74, 6) is -1.53. The number of phosphoric acid groups is 2. The van der Waals surface area contributed by atoms with E-state index in [9.17, 15) is 38.3 Å². The third-order valence-electron chi connectivity index (χ3n) is 13.6. The number of likely N-dealkylation sites (N-methyl/N-ethyl adjacent to an activating group) is 1. The molecule has 9 N–H and O–H groups in total. The predicted octanol–water partition coefficient (Wildman–Crippen LogP) is 0.987. The van der Waals surface area contributed by atoms with E-state index in [-0.39, 0.29) is 67.8 Å². The molecule has 6 aromatic rings. The molecule has 0 aliphatic carbocycles. The third-order valence-corrected chi connectivity index (χ3v) is 14.4. The van der Waals surface area contributed by atoms with Gasteiger partial charge in [0.1, 0.15) is 31.5 Å². The zero-order valence-electron chi connectivity index (χ0n) is 41.4. The van der Waals surface area contributed by atoms with E-state index in [0.717, 1.165) is 32.9 Å². The van der Waals surface area contributed by atoms with Crippen molar-refractivity contribution < 1.29 is 91.8 Å². The van der Waals surface area contributed by atoms with E-state index >= 15 is 0 Å². The molecule has 4 aliphatic heterocycles. The molecule has 78 heavy (non-hydrogen) atoms. The molecule has 0 radical (unpaired) electrons. The molecule has 2 aromatic carbocycles. The van der Waals surface area contributed by atoms with Gasteiger partial charge in [0.25, 0.3) is 18.9 Å². The van der Waals surface area contributed by atoms with Gasteiger partial charge in [-0.2, -0.15) is 0 Å². The minimum atomic E-state index is -5.07. The maximum absolute atomic E-state index is 13.3. The molecule has 0 saturated heterocycles. The Morgan fingerprint density at radius 2 is 1.12 bits per heavy atom. The number of aromatic nitrogens is 4. The van der Waals surface area contributed by atoms with Crippen LogP contribution in [0.1, 0.15) is 67.5 Å². The second kappa shape index (κ2) is 23.8. The Bertz CT molecular complexity index is 3260. The first-order valence-electron chi connectivity index (χ1n) is 23.8. The van der Waals surface area contributed by atoms with Crippen molar-refractivity contribution in [2.75, 3.05) is 33.8 Å². The summed E-state index contributed by atoms with van der Waals surface area (Å²) in [6.07, 6.45) is -5.55. The molecule has 4 aromatic heterocycles. The van der Waals surface area contributed by atoms with Crippen LogP contribution in [0.15, 0.2) is 82.4 Å². The number of benzene rings is 2. The number of nitrogens with zero attached hydrogens (tertiary/aromatic N) is 4. The first-order valence-corrected chi connectivity index (χ1v) is 26.8. The van der Waals surface area contributed by atoms with Gasteiger partial charge in [0.05, 0.1) is 70.7 Å². The fourth-order valence-electron chi connectivity index (χ4n) is 9.59. The number of esters is 2. The van der Waals surface area contributed by atoms with E-state index in [2.05, 4.69) is 14.4 Å². The van der Waals surface area contributed by atoms with Crippen LogP contribution in [0.5, 0.6) is 0 Å². The molecule has 0 amide bonds. The number of hydrogen-bond acceptors (Lipinski definition) is 21. The van der Waals surface area contributed by atoms with Crippen molar-refractivity contribution >= 4 is 49.4 Å². The van der Waals surface area contributed by atoms with Gasteiger partial charge in [-0.3, -0.25) is 23.2 Å². The molecule has 28 heteroatoms. The third kappa shape index (κ3) is 11.7. The van der Waals surface area contributed by atoms with Gasteiger partial charge < -0.3 is 78.5 Å². The zero-order valence-corrected chi connectivity index (χ0v) is 43.2. The summed E-state index contributed by atoms with van der Waals surface area (Å²) in [5.41, 5.74) is 2.52. The number of hydrogen-bond donors (Lipinski definition) is 9. The molecule has 4 aliphatic rings. The maximum Gasteiger partial charge on any atom is 0.471 e. The number of carbonyl (C=O) groups is 2. The van der Waals surface area contributed by atoms with Crippen molar-refractivity contribution in [1.82, 2.24) is 24.4 Å². The quantitative estimate of drug-likeness (QED) is 0.0370. The van der Waals surface area contributed by atoms with E-state index < -0.39 is 83.4 Å². The highest BCUT2D eigenvalue weighted by molar-refractivity contribution is 7.46. The van der Waals surface area contributed by atoms with Crippen molar-refractivity contribution in [2.45, 2.75) is 96.0 Å². The number of aliphatic hydroxyl groups is 5. The number of rotatable bonds is 16. The van der Waals surface area contributed by atoms with Gasteiger partial charge in [0.2, 0.25) is 0 Å². The van der Waals surface area contributed by atoms with Crippen LogP contribution in [0, 0.1) is 0 Å². The summed E-state index contributed by atoms with van der Waals surface area (Å²) in [4.78, 5) is 99.4. The standard InChI is InChI=1S/2C21H19N2O8P.C7H17NO5.CH4/c2*1-2-21(30-11-31-32(26,27)28)15-8-17-18-13(7-12-5-3-4-6-16(12)22-18)9-23(17)19(24)14(15)10-29-20(21)25;1-8-2-4(10)6(12)7(13)5(11)3-9;/h2*3-8H,2,9-11H2,1H3,(H2,26,27,28);4-13H,2-3H2,1H3;1H4/p-1/t2*21-;;/m00../s1. The van der Waals surface area contributed by atoms with E-state index in [1.807, 2.05) is 60.7 Å². The van der Waals surface area contributed by atoms with E-state index in [0.29, 0.717) is 41.4 Å². The highest BCUT2D eigenvalue weighted by Crippen LogP contribution is 2.44. The SMILES string of the molecule is C.CC[C@@]1(OCOP(=O)(O)O)C(=O)OCc2c1cc1n(c2=O)Cc2cc3ccccc3nc2-1.CC[C@@]1(OCOP(=O)([O-])O)C(=O)OCc2c1cc1n(c2=O)Cc2cc3ccccc3nc2-1.CNCC(O)C(O)C(O)C(O)CO. The molecule has 26 nitrogen and oxygen atoms in total. The second-order valence-electron chi connectivity index (χ2n) is 18.1. The molecule has 0 bridgehead atoms. The van der Waals surface area contributed by atoms with Crippen molar-refractivity contribution in [1.29, 1.82) is 0 Å². The van der Waals surface area contributed by atoms with Crippen molar-refractivity contribution in [3.05, 3.63) is 127 Å². The number of fused-ring (bicyclic) bond motifs is 10. The summed E-state index contributed by atoms with van der Waals surface area (Å²) in [6.45, 7) is 1.16. The maximum atomic E-state index is 13.3.